The van der Waals surface area contributed by atoms with Gasteiger partial charge in [0.2, 0.25) is 0 Å². The molecule has 0 fully saturated rings. The number of aromatic nitrogens is 2. The number of thiazole rings is 1. The normalized spacial score (nSPS) is 10.5. The Hall–Kier alpha value is -3.71. The Morgan fingerprint density at radius 1 is 1.03 bits per heavy atom. The molecule has 0 atom stereocenters. The summed E-state index contributed by atoms with van der Waals surface area (Å²) in [6.45, 7) is 2.04. The first-order chi connectivity index (χ1) is 15.2. The van der Waals surface area contributed by atoms with Crippen molar-refractivity contribution >= 4 is 33.8 Å². The molecule has 2 aromatic heterocycles. The molecule has 4 rings (SSSR count). The molecule has 0 radical (unpaired) electrons. The Morgan fingerprint density at radius 2 is 1.81 bits per heavy atom. The van der Waals surface area contributed by atoms with Gasteiger partial charge in [0.25, 0.3) is 5.91 Å². The van der Waals surface area contributed by atoms with E-state index in [9.17, 15) is 4.79 Å². The number of rotatable bonds is 8. The lowest BCUT2D eigenvalue weighted by atomic mass is 10.2. The van der Waals surface area contributed by atoms with Gasteiger partial charge in [0.05, 0.1) is 5.69 Å². The third-order valence-corrected chi connectivity index (χ3v) is 5.33. The molecule has 0 saturated heterocycles. The fraction of sp³-hybridized carbons (Fsp3) is 0.125. The van der Waals surface area contributed by atoms with Crippen LogP contribution in [0.3, 0.4) is 0 Å². The van der Waals surface area contributed by atoms with Crippen molar-refractivity contribution < 1.29 is 9.53 Å². The highest BCUT2D eigenvalue weighted by molar-refractivity contribution is 7.14. The molecule has 0 unspecified atom stereocenters. The van der Waals surface area contributed by atoms with Crippen LogP contribution in [-0.2, 0) is 11.2 Å². The zero-order chi connectivity index (χ0) is 21.5. The van der Waals surface area contributed by atoms with Crippen LogP contribution in [0.4, 0.5) is 16.5 Å². The highest BCUT2D eigenvalue weighted by Crippen LogP contribution is 2.27. The molecule has 2 heterocycles. The first kappa shape index (κ1) is 20.6. The molecule has 0 saturated carbocycles. The SMILES string of the molecule is CCc1cccc(OCC(=O)Nc2ccc(Nc3nc(-c4ccncc4)cs3)cc2)c1. The molecule has 6 nitrogen and oxygen atoms in total. The van der Waals surface area contributed by atoms with Crippen molar-refractivity contribution in [3.05, 3.63) is 84.0 Å². The minimum Gasteiger partial charge on any atom is -0.484 e. The minimum atomic E-state index is -0.204. The number of benzene rings is 2. The second-order valence-corrected chi connectivity index (χ2v) is 7.67. The number of amides is 1. The number of anilines is 3. The molecule has 0 aliphatic heterocycles. The number of ether oxygens (including phenoxy) is 1. The zero-order valence-electron chi connectivity index (χ0n) is 17.0. The fourth-order valence-electron chi connectivity index (χ4n) is 2.95. The fourth-order valence-corrected chi connectivity index (χ4v) is 3.69. The zero-order valence-corrected chi connectivity index (χ0v) is 17.9. The van der Waals surface area contributed by atoms with Gasteiger partial charge in [-0.1, -0.05) is 19.1 Å². The minimum absolute atomic E-state index is 0.0376. The van der Waals surface area contributed by atoms with Gasteiger partial charge in [0, 0.05) is 34.7 Å². The van der Waals surface area contributed by atoms with E-state index in [0.717, 1.165) is 28.5 Å². The van der Waals surface area contributed by atoms with Crippen LogP contribution in [0.1, 0.15) is 12.5 Å². The van der Waals surface area contributed by atoms with Crippen LogP contribution >= 0.6 is 11.3 Å². The van der Waals surface area contributed by atoms with E-state index in [4.69, 9.17) is 4.74 Å². The average molecular weight is 431 g/mol. The van der Waals surface area contributed by atoms with Gasteiger partial charge >= 0.3 is 0 Å². The van der Waals surface area contributed by atoms with Crippen LogP contribution in [0.5, 0.6) is 5.75 Å². The predicted molar refractivity (Wildman–Crippen MR) is 125 cm³/mol. The van der Waals surface area contributed by atoms with E-state index in [1.807, 2.05) is 66.0 Å². The standard InChI is InChI=1S/C24H22N4O2S/c1-2-17-4-3-5-21(14-17)30-15-23(29)26-19-6-8-20(9-7-19)27-24-28-22(16-31-24)18-10-12-25-13-11-18/h3-14,16H,2,15H2,1H3,(H,26,29)(H,27,28). The topological polar surface area (TPSA) is 76.1 Å². The van der Waals surface area contributed by atoms with Gasteiger partial charge in [0.1, 0.15) is 5.75 Å². The summed E-state index contributed by atoms with van der Waals surface area (Å²) in [7, 11) is 0. The number of nitrogens with one attached hydrogen (secondary N) is 2. The molecule has 0 aliphatic carbocycles. The number of pyridine rings is 1. The van der Waals surface area contributed by atoms with Crippen molar-refractivity contribution in [1.29, 1.82) is 0 Å². The number of carbonyl (C=O) groups is 1. The van der Waals surface area contributed by atoms with E-state index in [0.29, 0.717) is 11.4 Å². The molecular weight excluding hydrogens is 408 g/mol. The second-order valence-electron chi connectivity index (χ2n) is 6.81. The summed E-state index contributed by atoms with van der Waals surface area (Å²) >= 11 is 1.53. The third-order valence-electron chi connectivity index (χ3n) is 4.58. The van der Waals surface area contributed by atoms with Crippen LogP contribution in [-0.4, -0.2) is 22.5 Å². The van der Waals surface area contributed by atoms with E-state index in [-0.39, 0.29) is 12.5 Å². The van der Waals surface area contributed by atoms with Crippen LogP contribution in [0.2, 0.25) is 0 Å². The summed E-state index contributed by atoms with van der Waals surface area (Å²) in [5, 5.41) is 8.93. The summed E-state index contributed by atoms with van der Waals surface area (Å²) in [6, 6.07) is 19.1. The molecule has 156 valence electrons. The highest BCUT2D eigenvalue weighted by Gasteiger charge is 2.07. The Labute approximate surface area is 185 Å². The Bertz CT molecular complexity index is 1140. The maximum absolute atomic E-state index is 12.2. The van der Waals surface area contributed by atoms with Gasteiger partial charge in [-0.05, 0) is 60.5 Å². The summed E-state index contributed by atoms with van der Waals surface area (Å²) in [4.78, 5) is 20.8. The van der Waals surface area contributed by atoms with E-state index in [1.165, 1.54) is 16.9 Å². The quantitative estimate of drug-likeness (QED) is 0.384. The smallest absolute Gasteiger partial charge is 0.262 e. The summed E-state index contributed by atoms with van der Waals surface area (Å²) in [5.41, 5.74) is 4.71. The number of carbonyl (C=O) groups excluding carboxylic acids is 1. The maximum Gasteiger partial charge on any atom is 0.262 e. The van der Waals surface area contributed by atoms with E-state index < -0.39 is 0 Å². The van der Waals surface area contributed by atoms with Crippen LogP contribution in [0.25, 0.3) is 11.3 Å². The lowest BCUT2D eigenvalue weighted by molar-refractivity contribution is -0.118. The molecule has 0 bridgehead atoms. The van der Waals surface area contributed by atoms with Gasteiger partial charge in [-0.15, -0.1) is 11.3 Å². The number of hydrogen-bond donors (Lipinski definition) is 2. The maximum atomic E-state index is 12.2. The van der Waals surface area contributed by atoms with Crippen LogP contribution in [0, 0.1) is 0 Å². The molecule has 2 N–H and O–H groups in total. The largest absolute Gasteiger partial charge is 0.484 e. The third kappa shape index (κ3) is 5.67. The van der Waals surface area contributed by atoms with Crippen molar-refractivity contribution in [2.75, 3.05) is 17.2 Å². The van der Waals surface area contributed by atoms with Gasteiger partial charge in [-0.25, -0.2) is 4.98 Å². The van der Waals surface area contributed by atoms with Crippen molar-refractivity contribution in [2.45, 2.75) is 13.3 Å². The van der Waals surface area contributed by atoms with Crippen LogP contribution < -0.4 is 15.4 Å². The summed E-state index contributed by atoms with van der Waals surface area (Å²) in [5.74, 6) is 0.494. The van der Waals surface area contributed by atoms with Crippen molar-refractivity contribution in [3.63, 3.8) is 0 Å². The molecule has 7 heteroatoms. The van der Waals surface area contributed by atoms with Gasteiger partial charge < -0.3 is 15.4 Å². The monoisotopic (exact) mass is 430 g/mol. The summed E-state index contributed by atoms with van der Waals surface area (Å²) < 4.78 is 5.59. The van der Waals surface area contributed by atoms with E-state index >= 15 is 0 Å². The Kier molecular flexibility index (Phi) is 6.54. The molecule has 0 spiro atoms. The molecule has 4 aromatic rings. The lowest BCUT2D eigenvalue weighted by Crippen LogP contribution is -2.20. The van der Waals surface area contributed by atoms with Gasteiger partial charge in [-0.2, -0.15) is 0 Å². The van der Waals surface area contributed by atoms with E-state index in [1.54, 1.807) is 12.4 Å². The first-order valence-corrected chi connectivity index (χ1v) is 10.8. The Balaban J connectivity index is 1.30. The number of nitrogens with zero attached hydrogens (tertiary/aromatic N) is 2. The summed E-state index contributed by atoms with van der Waals surface area (Å²) in [6.07, 6.45) is 4.43. The van der Waals surface area contributed by atoms with Gasteiger partial charge in [-0.3, -0.25) is 9.78 Å². The van der Waals surface area contributed by atoms with Crippen molar-refractivity contribution in [3.8, 4) is 17.0 Å². The van der Waals surface area contributed by atoms with Crippen molar-refractivity contribution in [1.82, 2.24) is 9.97 Å². The molecule has 2 aromatic carbocycles. The number of hydrogen-bond acceptors (Lipinski definition) is 6. The highest BCUT2D eigenvalue weighted by atomic mass is 32.1. The molecule has 31 heavy (non-hydrogen) atoms. The Morgan fingerprint density at radius 3 is 2.58 bits per heavy atom. The average Bonchev–Trinajstić information content (AvgIpc) is 3.28. The van der Waals surface area contributed by atoms with Gasteiger partial charge in [0.15, 0.2) is 11.7 Å². The van der Waals surface area contributed by atoms with E-state index in [2.05, 4.69) is 27.5 Å². The molecule has 1 amide bonds. The number of aryl methyl sites for hydroxylation is 1. The van der Waals surface area contributed by atoms with Crippen molar-refractivity contribution in [2.24, 2.45) is 0 Å². The molecular formula is C24H22N4O2S. The van der Waals surface area contributed by atoms with Crippen LogP contribution in [0.15, 0.2) is 78.4 Å². The molecule has 0 aliphatic rings. The second kappa shape index (κ2) is 9.86. The predicted octanol–water partition coefficient (Wildman–Crippen LogP) is 5.53. The lowest BCUT2D eigenvalue weighted by Gasteiger charge is -2.09. The first-order valence-electron chi connectivity index (χ1n) is 9.94.